The van der Waals surface area contributed by atoms with Gasteiger partial charge >= 0.3 is 0 Å². The second kappa shape index (κ2) is 8.77. The molecule has 2 nitrogen and oxygen atoms in total. The van der Waals surface area contributed by atoms with Crippen LogP contribution in [0.4, 0.5) is 0 Å². The predicted molar refractivity (Wildman–Crippen MR) is 111 cm³/mol. The first-order valence-corrected chi connectivity index (χ1v) is 9.65. The molecule has 136 valence electrons. The van der Waals surface area contributed by atoms with Crippen molar-refractivity contribution in [3.05, 3.63) is 75.8 Å². The molecule has 26 heavy (non-hydrogen) atoms. The van der Waals surface area contributed by atoms with Crippen LogP contribution < -0.4 is 10.1 Å². The van der Waals surface area contributed by atoms with Crippen LogP contribution in [0.5, 0.6) is 5.75 Å². The van der Waals surface area contributed by atoms with E-state index in [-0.39, 0.29) is 0 Å². The lowest BCUT2D eigenvalue weighted by Gasteiger charge is -2.18. The Morgan fingerprint density at radius 2 is 1.65 bits per heavy atom. The molecule has 0 fully saturated rings. The van der Waals surface area contributed by atoms with E-state index in [2.05, 4.69) is 49.5 Å². The van der Waals surface area contributed by atoms with Gasteiger partial charge in [-0.05, 0) is 42.3 Å². The van der Waals surface area contributed by atoms with E-state index in [1.807, 2.05) is 24.3 Å². The minimum atomic E-state index is 0.340. The van der Waals surface area contributed by atoms with Gasteiger partial charge in [0.15, 0.2) is 0 Å². The average Bonchev–Trinajstić information content (AvgIpc) is 2.66. The summed E-state index contributed by atoms with van der Waals surface area (Å²) in [6.07, 6.45) is 1.08. The van der Waals surface area contributed by atoms with Crippen LogP contribution >= 0.6 is 23.2 Å². The maximum Gasteiger partial charge on any atom is 0.124 e. The Bertz CT molecular complexity index is 874. The summed E-state index contributed by atoms with van der Waals surface area (Å²) in [7, 11) is 0. The van der Waals surface area contributed by atoms with Crippen molar-refractivity contribution in [1.82, 2.24) is 5.32 Å². The first-order valence-electron chi connectivity index (χ1n) is 8.89. The normalized spacial score (nSPS) is 12.3. The zero-order valence-corrected chi connectivity index (χ0v) is 16.6. The average molecular weight is 388 g/mol. The van der Waals surface area contributed by atoms with E-state index in [0.29, 0.717) is 22.7 Å². The van der Waals surface area contributed by atoms with Crippen LogP contribution in [0, 0.1) is 0 Å². The largest absolute Gasteiger partial charge is 0.488 e. The topological polar surface area (TPSA) is 21.3 Å². The van der Waals surface area contributed by atoms with Gasteiger partial charge in [-0.2, -0.15) is 0 Å². The summed E-state index contributed by atoms with van der Waals surface area (Å²) in [5.41, 5.74) is 1.97. The van der Waals surface area contributed by atoms with Gasteiger partial charge in [-0.15, -0.1) is 0 Å². The number of rotatable bonds is 7. The Morgan fingerprint density at radius 3 is 2.38 bits per heavy atom. The number of hydrogen-bond donors (Lipinski definition) is 1. The second-order valence-corrected chi connectivity index (χ2v) is 7.26. The van der Waals surface area contributed by atoms with Gasteiger partial charge in [0.25, 0.3) is 0 Å². The monoisotopic (exact) mass is 387 g/mol. The molecule has 0 aromatic heterocycles. The molecule has 0 saturated heterocycles. The molecule has 3 aromatic carbocycles. The van der Waals surface area contributed by atoms with Gasteiger partial charge < -0.3 is 10.1 Å². The van der Waals surface area contributed by atoms with Crippen LogP contribution in [0.1, 0.15) is 31.4 Å². The molecule has 0 unspecified atom stereocenters. The van der Waals surface area contributed by atoms with Gasteiger partial charge in [-0.3, -0.25) is 0 Å². The molecule has 3 aromatic rings. The Labute approximate surface area is 165 Å². The Hall–Kier alpha value is -1.74. The molecule has 1 N–H and O–H groups in total. The summed E-state index contributed by atoms with van der Waals surface area (Å²) in [6, 6.07) is 18.4. The molecule has 4 heteroatoms. The first-order chi connectivity index (χ1) is 12.6. The number of ether oxygens (including phenoxy) is 1. The van der Waals surface area contributed by atoms with E-state index >= 15 is 0 Å². The van der Waals surface area contributed by atoms with Crippen molar-refractivity contribution in [3.63, 3.8) is 0 Å². The Balaban J connectivity index is 1.91. The van der Waals surface area contributed by atoms with E-state index in [1.165, 1.54) is 10.8 Å². The van der Waals surface area contributed by atoms with Crippen molar-refractivity contribution >= 4 is 34.0 Å². The zero-order chi connectivity index (χ0) is 18.5. The van der Waals surface area contributed by atoms with Gasteiger partial charge in [0.05, 0.1) is 0 Å². The van der Waals surface area contributed by atoms with Gasteiger partial charge in [-0.25, -0.2) is 0 Å². The molecule has 0 amide bonds. The lowest BCUT2D eigenvalue weighted by atomic mass is 10.0. The van der Waals surface area contributed by atoms with Crippen LogP contribution in [0.2, 0.25) is 10.0 Å². The van der Waals surface area contributed by atoms with E-state index in [0.717, 1.165) is 29.8 Å². The van der Waals surface area contributed by atoms with Crippen molar-refractivity contribution in [2.24, 2.45) is 0 Å². The maximum atomic E-state index is 6.28. The maximum absolute atomic E-state index is 6.28. The van der Waals surface area contributed by atoms with Crippen LogP contribution in [0.25, 0.3) is 10.8 Å². The molecule has 1 atom stereocenters. The van der Waals surface area contributed by atoms with Gasteiger partial charge in [0.1, 0.15) is 12.4 Å². The van der Waals surface area contributed by atoms with Gasteiger partial charge in [-0.1, -0.05) is 66.5 Å². The third-order valence-electron chi connectivity index (χ3n) is 4.67. The van der Waals surface area contributed by atoms with Crippen molar-refractivity contribution < 1.29 is 4.74 Å². The fraction of sp³-hybridized carbons (Fsp3) is 0.273. The molecular formula is C22H23Cl2NO. The third-order valence-corrected chi connectivity index (χ3v) is 5.38. The summed E-state index contributed by atoms with van der Waals surface area (Å²) in [6.45, 7) is 5.46. The van der Waals surface area contributed by atoms with Gasteiger partial charge in [0, 0.05) is 33.8 Å². The molecule has 0 radical (unpaired) electrons. The smallest absolute Gasteiger partial charge is 0.124 e. The van der Waals surface area contributed by atoms with E-state index in [1.54, 1.807) is 0 Å². The molecule has 0 aliphatic heterocycles. The summed E-state index contributed by atoms with van der Waals surface area (Å²) >= 11 is 12.6. The first kappa shape index (κ1) is 19.0. The summed E-state index contributed by atoms with van der Waals surface area (Å²) < 4.78 is 6.15. The highest BCUT2D eigenvalue weighted by molar-refractivity contribution is 6.35. The molecule has 0 heterocycles. The highest BCUT2D eigenvalue weighted by Gasteiger charge is 2.12. The van der Waals surface area contributed by atoms with E-state index < -0.39 is 0 Å². The van der Waals surface area contributed by atoms with Crippen molar-refractivity contribution in [2.45, 2.75) is 39.5 Å². The SMILES string of the molecule is CC[C@H](C)NCc1c(OCc2c(Cl)cccc2Cl)ccc2ccccc12. The zero-order valence-electron chi connectivity index (χ0n) is 15.1. The predicted octanol–water partition coefficient (Wildman–Crippen LogP) is 6.61. The standard InChI is InChI=1S/C22H23Cl2NO/c1-3-15(2)25-13-18-17-8-5-4-7-16(17)11-12-22(18)26-14-19-20(23)9-6-10-21(19)24/h4-12,15,25H,3,13-14H2,1-2H3/t15-/m0/s1. The van der Waals surface area contributed by atoms with Crippen LogP contribution in [-0.4, -0.2) is 6.04 Å². The molecule has 0 aliphatic rings. The molecule has 3 rings (SSSR count). The summed E-state index contributed by atoms with van der Waals surface area (Å²) in [5.74, 6) is 0.857. The fourth-order valence-electron chi connectivity index (χ4n) is 2.87. The van der Waals surface area contributed by atoms with E-state index in [4.69, 9.17) is 27.9 Å². The molecule has 0 bridgehead atoms. The third kappa shape index (κ3) is 4.32. The summed E-state index contributed by atoms with van der Waals surface area (Å²) in [4.78, 5) is 0. The number of fused-ring (bicyclic) bond motifs is 1. The quantitative estimate of drug-likeness (QED) is 0.491. The molecule has 0 spiro atoms. The van der Waals surface area contributed by atoms with Crippen molar-refractivity contribution in [3.8, 4) is 5.75 Å². The van der Waals surface area contributed by atoms with E-state index in [9.17, 15) is 0 Å². The Morgan fingerprint density at radius 1 is 0.923 bits per heavy atom. The molecular weight excluding hydrogens is 365 g/mol. The van der Waals surface area contributed by atoms with Crippen LogP contribution in [0.15, 0.2) is 54.6 Å². The highest BCUT2D eigenvalue weighted by Crippen LogP contribution is 2.31. The Kier molecular flexibility index (Phi) is 6.42. The van der Waals surface area contributed by atoms with Gasteiger partial charge in [0.2, 0.25) is 0 Å². The lowest BCUT2D eigenvalue weighted by molar-refractivity contribution is 0.302. The highest BCUT2D eigenvalue weighted by atomic mass is 35.5. The fourth-order valence-corrected chi connectivity index (χ4v) is 3.38. The number of benzene rings is 3. The number of hydrogen-bond acceptors (Lipinski definition) is 2. The van der Waals surface area contributed by atoms with Crippen molar-refractivity contribution in [2.75, 3.05) is 0 Å². The summed E-state index contributed by atoms with van der Waals surface area (Å²) in [5, 5.41) is 7.22. The minimum absolute atomic E-state index is 0.340. The second-order valence-electron chi connectivity index (χ2n) is 6.44. The molecule has 0 saturated carbocycles. The van der Waals surface area contributed by atoms with Crippen LogP contribution in [-0.2, 0) is 13.2 Å². The number of nitrogens with one attached hydrogen (secondary N) is 1. The molecule has 0 aliphatic carbocycles. The van der Waals surface area contributed by atoms with Crippen molar-refractivity contribution in [1.29, 1.82) is 0 Å². The van der Waals surface area contributed by atoms with Crippen LogP contribution in [0.3, 0.4) is 0 Å². The lowest BCUT2D eigenvalue weighted by Crippen LogP contribution is -2.24. The minimum Gasteiger partial charge on any atom is -0.488 e. The number of halogens is 2.